The van der Waals surface area contributed by atoms with Gasteiger partial charge in [-0.15, -0.1) is 0 Å². The number of benzene rings is 1. The predicted octanol–water partition coefficient (Wildman–Crippen LogP) is 2.64. The Kier molecular flexibility index (Phi) is 7.99. The number of halogens is 1. The van der Waals surface area contributed by atoms with Crippen LogP contribution in [0.1, 0.15) is 44.1 Å². The smallest absolute Gasteiger partial charge is 0.315 e. The Morgan fingerprint density at radius 3 is 2.20 bits per heavy atom. The van der Waals surface area contributed by atoms with E-state index in [0.717, 1.165) is 31.2 Å². The second kappa shape index (κ2) is 10.5. The Balaban J connectivity index is 1.30. The molecule has 2 fully saturated rings. The molecule has 1 aliphatic heterocycles. The predicted molar refractivity (Wildman–Crippen MR) is 117 cm³/mol. The van der Waals surface area contributed by atoms with Crippen molar-refractivity contribution in [2.24, 2.45) is 11.8 Å². The van der Waals surface area contributed by atoms with Crippen molar-refractivity contribution < 1.29 is 18.0 Å². The fourth-order valence-corrected chi connectivity index (χ4v) is 5.69. The van der Waals surface area contributed by atoms with Gasteiger partial charge >= 0.3 is 6.03 Å². The van der Waals surface area contributed by atoms with Gasteiger partial charge in [-0.2, -0.15) is 0 Å². The Labute approximate surface area is 183 Å². The van der Waals surface area contributed by atoms with Crippen molar-refractivity contribution >= 4 is 33.4 Å². The van der Waals surface area contributed by atoms with Crippen LogP contribution in [0.5, 0.6) is 0 Å². The normalized spacial score (nSPS) is 24.0. The van der Waals surface area contributed by atoms with Crippen LogP contribution in [0.15, 0.2) is 24.3 Å². The van der Waals surface area contributed by atoms with Crippen LogP contribution in [0.3, 0.4) is 0 Å². The van der Waals surface area contributed by atoms with Crippen molar-refractivity contribution in [2.45, 2.75) is 51.1 Å². The number of carbonyl (C=O) groups excluding carboxylic acids is 2. The number of hydrogen-bond acceptors (Lipinski definition) is 4. The number of hydrogen-bond donors (Lipinski definition) is 3. The number of amides is 3. The first-order valence-electron chi connectivity index (χ1n) is 10.6. The van der Waals surface area contributed by atoms with Crippen molar-refractivity contribution in [3.63, 3.8) is 0 Å². The second-order valence-corrected chi connectivity index (χ2v) is 11.1. The Hall–Kier alpha value is -1.80. The van der Waals surface area contributed by atoms with Crippen LogP contribution in [0, 0.1) is 11.8 Å². The highest BCUT2D eigenvalue weighted by molar-refractivity contribution is 7.91. The lowest BCUT2D eigenvalue weighted by Gasteiger charge is -2.30. The summed E-state index contributed by atoms with van der Waals surface area (Å²) in [5.74, 6) is 0.420. The number of nitrogens with one attached hydrogen (secondary N) is 3. The van der Waals surface area contributed by atoms with E-state index >= 15 is 0 Å². The molecule has 1 aliphatic carbocycles. The first-order chi connectivity index (χ1) is 14.3. The van der Waals surface area contributed by atoms with Crippen LogP contribution in [0.2, 0.25) is 5.02 Å². The monoisotopic (exact) mass is 455 g/mol. The minimum absolute atomic E-state index is 0.0216. The summed E-state index contributed by atoms with van der Waals surface area (Å²) in [6.07, 6.45) is 4.52. The van der Waals surface area contributed by atoms with Crippen molar-refractivity contribution in [3.05, 3.63) is 34.9 Å². The molecular formula is C21H30ClN3O4S. The number of urea groups is 1. The van der Waals surface area contributed by atoms with E-state index in [4.69, 9.17) is 11.6 Å². The zero-order chi connectivity index (χ0) is 21.6. The maximum Gasteiger partial charge on any atom is 0.315 e. The third-order valence-corrected chi connectivity index (χ3v) is 8.01. The highest BCUT2D eigenvalue weighted by Crippen LogP contribution is 2.24. The highest BCUT2D eigenvalue weighted by atomic mass is 35.5. The van der Waals surface area contributed by atoms with Gasteiger partial charge < -0.3 is 16.0 Å². The van der Waals surface area contributed by atoms with E-state index < -0.39 is 9.84 Å². The molecule has 0 radical (unpaired) electrons. The molecule has 1 saturated carbocycles. The molecule has 1 aromatic carbocycles. The van der Waals surface area contributed by atoms with E-state index in [1.165, 1.54) is 0 Å². The van der Waals surface area contributed by atoms with Gasteiger partial charge in [0.15, 0.2) is 0 Å². The summed E-state index contributed by atoms with van der Waals surface area (Å²) in [6, 6.07) is 7.34. The molecule has 9 heteroatoms. The van der Waals surface area contributed by atoms with Gasteiger partial charge in [0.05, 0.1) is 11.5 Å². The average molecular weight is 456 g/mol. The zero-order valence-electron chi connectivity index (χ0n) is 17.0. The van der Waals surface area contributed by atoms with Crippen LogP contribution >= 0.6 is 11.6 Å². The average Bonchev–Trinajstić information content (AvgIpc) is 2.72. The number of sulfone groups is 1. The molecule has 0 bridgehead atoms. The molecule has 1 heterocycles. The molecule has 30 heavy (non-hydrogen) atoms. The van der Waals surface area contributed by atoms with E-state index in [9.17, 15) is 18.0 Å². The molecule has 3 rings (SSSR count). The molecule has 1 saturated heterocycles. The summed E-state index contributed by atoms with van der Waals surface area (Å²) in [7, 11) is -2.95. The Morgan fingerprint density at radius 2 is 1.57 bits per heavy atom. The van der Waals surface area contributed by atoms with E-state index in [1.54, 1.807) is 12.1 Å². The molecule has 3 N–H and O–H groups in total. The van der Waals surface area contributed by atoms with Gasteiger partial charge in [0.25, 0.3) is 0 Å². The summed E-state index contributed by atoms with van der Waals surface area (Å²) in [6.45, 7) is 1.07. The summed E-state index contributed by atoms with van der Waals surface area (Å²) in [5.41, 5.74) is 0.990. The third kappa shape index (κ3) is 7.16. The lowest BCUT2D eigenvalue weighted by Crippen LogP contribution is -2.44. The Morgan fingerprint density at radius 1 is 0.933 bits per heavy atom. The molecular weight excluding hydrogens is 426 g/mol. The molecule has 166 valence electrons. The van der Waals surface area contributed by atoms with E-state index in [0.29, 0.717) is 36.9 Å². The summed E-state index contributed by atoms with van der Waals surface area (Å²) in [4.78, 5) is 24.4. The standard InChI is InChI=1S/C21H30ClN3O4S/c22-18-5-1-15(2-6-18)14-24-21(27)25-19-7-3-16(4-8-19)13-23-20(26)17-9-11-30(28,29)12-10-17/h1-2,5-6,16-17,19H,3-4,7-14H2,(H,23,26)(H2,24,25,27). The van der Waals surface area contributed by atoms with E-state index in [1.807, 2.05) is 12.1 Å². The number of rotatable bonds is 6. The number of carbonyl (C=O) groups is 2. The van der Waals surface area contributed by atoms with Crippen LogP contribution in [-0.4, -0.2) is 44.4 Å². The van der Waals surface area contributed by atoms with Crippen molar-refractivity contribution in [3.8, 4) is 0 Å². The molecule has 3 amide bonds. The summed E-state index contributed by atoms with van der Waals surface area (Å²) >= 11 is 5.86. The maximum atomic E-state index is 12.3. The first kappa shape index (κ1) is 22.9. The van der Waals surface area contributed by atoms with Gasteiger partial charge in [-0.3, -0.25) is 4.79 Å². The molecule has 0 atom stereocenters. The third-order valence-electron chi connectivity index (χ3n) is 6.04. The van der Waals surface area contributed by atoms with Crippen molar-refractivity contribution in [1.29, 1.82) is 0 Å². The van der Waals surface area contributed by atoms with Gasteiger partial charge in [0.2, 0.25) is 5.91 Å². The largest absolute Gasteiger partial charge is 0.356 e. The fraction of sp³-hybridized carbons (Fsp3) is 0.619. The van der Waals surface area contributed by atoms with Gasteiger partial charge in [-0.05, 0) is 62.1 Å². The fourth-order valence-electron chi connectivity index (χ4n) is 4.07. The van der Waals surface area contributed by atoms with Gasteiger partial charge in [0, 0.05) is 30.1 Å². The molecule has 7 nitrogen and oxygen atoms in total. The van der Waals surface area contributed by atoms with Crippen molar-refractivity contribution in [2.75, 3.05) is 18.1 Å². The second-order valence-electron chi connectivity index (χ2n) is 8.34. The summed E-state index contributed by atoms with van der Waals surface area (Å²) in [5, 5.41) is 9.57. The molecule has 0 unspecified atom stereocenters. The molecule has 1 aromatic rings. The minimum Gasteiger partial charge on any atom is -0.356 e. The van der Waals surface area contributed by atoms with E-state index in [2.05, 4.69) is 16.0 Å². The van der Waals surface area contributed by atoms with Crippen molar-refractivity contribution in [1.82, 2.24) is 16.0 Å². The topological polar surface area (TPSA) is 104 Å². The van der Waals surface area contributed by atoms with Gasteiger partial charge in [-0.25, -0.2) is 13.2 Å². The van der Waals surface area contributed by atoms with E-state index in [-0.39, 0.29) is 35.4 Å². The van der Waals surface area contributed by atoms with Gasteiger partial charge in [-0.1, -0.05) is 23.7 Å². The maximum absolute atomic E-state index is 12.3. The summed E-state index contributed by atoms with van der Waals surface area (Å²) < 4.78 is 23.0. The molecule has 2 aliphatic rings. The zero-order valence-corrected chi connectivity index (χ0v) is 18.6. The highest BCUT2D eigenvalue weighted by Gasteiger charge is 2.29. The van der Waals surface area contributed by atoms with Gasteiger partial charge in [0.1, 0.15) is 9.84 Å². The SMILES string of the molecule is O=C(NCc1ccc(Cl)cc1)NC1CCC(CNC(=O)C2CCS(=O)(=O)CC2)CC1. The first-order valence-corrected chi connectivity index (χ1v) is 12.8. The quantitative estimate of drug-likeness (QED) is 0.613. The van der Waals surface area contributed by atoms with Crippen LogP contribution in [0.4, 0.5) is 4.79 Å². The molecule has 0 spiro atoms. The molecule has 0 aromatic heterocycles. The Bertz CT molecular complexity index is 822. The van der Waals surface area contributed by atoms with Crippen LogP contribution in [0.25, 0.3) is 0 Å². The lowest BCUT2D eigenvalue weighted by molar-refractivity contribution is -0.125. The lowest BCUT2D eigenvalue weighted by atomic mass is 9.86. The van der Waals surface area contributed by atoms with Crippen LogP contribution in [-0.2, 0) is 21.2 Å². The van der Waals surface area contributed by atoms with Crippen LogP contribution < -0.4 is 16.0 Å². The minimum atomic E-state index is -2.95.